The molecular weight excluding hydrogens is 506 g/mol. The number of ether oxygens (including phenoxy) is 3. The van der Waals surface area contributed by atoms with Gasteiger partial charge in [0.25, 0.3) is 0 Å². The van der Waals surface area contributed by atoms with E-state index in [9.17, 15) is 0 Å². The quantitative estimate of drug-likeness (QED) is 0.222. The van der Waals surface area contributed by atoms with E-state index in [2.05, 4.69) is 44.7 Å². The van der Waals surface area contributed by atoms with Crippen molar-refractivity contribution in [1.29, 1.82) is 0 Å². The lowest BCUT2D eigenvalue weighted by atomic mass is 9.98. The SMILES string of the molecule is COc1ccc(NC(=S)c2c(-c3ccc(OC)cc3)c3c4n(c(-c5ccc(OC)cc5)cn24)CCCC3)cc1. The van der Waals surface area contributed by atoms with Crippen molar-refractivity contribution in [1.82, 2.24) is 8.97 Å². The number of hydrogen-bond donors (Lipinski definition) is 1. The lowest BCUT2D eigenvalue weighted by Crippen LogP contribution is -2.14. The van der Waals surface area contributed by atoms with Gasteiger partial charge in [0, 0.05) is 29.6 Å². The summed E-state index contributed by atoms with van der Waals surface area (Å²) < 4.78 is 20.9. The highest BCUT2D eigenvalue weighted by Gasteiger charge is 2.28. The maximum atomic E-state index is 6.13. The van der Waals surface area contributed by atoms with Crippen molar-refractivity contribution in [2.24, 2.45) is 0 Å². The molecule has 3 aromatic carbocycles. The van der Waals surface area contributed by atoms with Gasteiger partial charge in [0.1, 0.15) is 27.9 Å². The Labute approximate surface area is 233 Å². The number of methoxy groups -OCH3 is 3. The number of hydrogen-bond acceptors (Lipinski definition) is 4. The molecule has 39 heavy (non-hydrogen) atoms. The van der Waals surface area contributed by atoms with Gasteiger partial charge in [-0.05, 0) is 91.1 Å². The van der Waals surface area contributed by atoms with E-state index in [0.29, 0.717) is 4.99 Å². The number of thiocarbonyl (C=S) groups is 1. The summed E-state index contributed by atoms with van der Waals surface area (Å²) in [6, 6.07) is 24.4. The van der Waals surface area contributed by atoms with Crippen molar-refractivity contribution in [2.45, 2.75) is 25.8 Å². The fraction of sp³-hybridized carbons (Fsp3) is 0.219. The summed E-state index contributed by atoms with van der Waals surface area (Å²) in [5.41, 5.74) is 9.07. The van der Waals surface area contributed by atoms with E-state index in [-0.39, 0.29) is 0 Å². The van der Waals surface area contributed by atoms with E-state index < -0.39 is 0 Å². The Bertz CT molecular complexity index is 1630. The molecule has 2 aromatic heterocycles. The number of imidazole rings is 1. The van der Waals surface area contributed by atoms with Crippen LogP contribution in [0.15, 0.2) is 79.0 Å². The first-order valence-corrected chi connectivity index (χ1v) is 13.5. The van der Waals surface area contributed by atoms with Gasteiger partial charge in [-0.1, -0.05) is 24.4 Å². The molecular formula is C32H31N3O3S. The first-order chi connectivity index (χ1) is 19.1. The van der Waals surface area contributed by atoms with Crippen LogP contribution in [0, 0.1) is 0 Å². The molecule has 0 aliphatic carbocycles. The second-order valence-electron chi connectivity index (χ2n) is 9.66. The van der Waals surface area contributed by atoms with E-state index in [0.717, 1.165) is 65.6 Å². The summed E-state index contributed by atoms with van der Waals surface area (Å²) in [5, 5.41) is 3.50. The average Bonchev–Trinajstić information content (AvgIpc) is 3.40. The summed E-state index contributed by atoms with van der Waals surface area (Å²) in [4.78, 5) is 0.672. The van der Waals surface area contributed by atoms with Gasteiger partial charge in [-0.3, -0.25) is 4.40 Å². The van der Waals surface area contributed by atoms with Crippen molar-refractivity contribution < 1.29 is 14.2 Å². The maximum absolute atomic E-state index is 6.13. The van der Waals surface area contributed by atoms with Gasteiger partial charge in [0.05, 0.1) is 32.7 Å². The van der Waals surface area contributed by atoms with Crippen LogP contribution in [0.5, 0.6) is 17.2 Å². The molecule has 6 rings (SSSR count). The first-order valence-electron chi connectivity index (χ1n) is 13.1. The minimum atomic E-state index is 0.672. The van der Waals surface area contributed by atoms with Gasteiger partial charge >= 0.3 is 0 Å². The van der Waals surface area contributed by atoms with Crippen molar-refractivity contribution in [3.63, 3.8) is 0 Å². The summed E-state index contributed by atoms with van der Waals surface area (Å²) in [7, 11) is 5.06. The Hall–Kier alpha value is -4.23. The van der Waals surface area contributed by atoms with Crippen LogP contribution in [-0.4, -0.2) is 35.3 Å². The third-order valence-corrected chi connectivity index (χ3v) is 7.76. The summed E-state index contributed by atoms with van der Waals surface area (Å²) >= 11 is 6.13. The highest BCUT2D eigenvalue weighted by atomic mass is 32.1. The lowest BCUT2D eigenvalue weighted by Gasteiger charge is -2.13. The summed E-state index contributed by atoms with van der Waals surface area (Å²) in [6.07, 6.45) is 5.46. The molecule has 1 aliphatic rings. The third kappa shape index (κ3) is 4.53. The molecule has 1 N–H and O–H groups in total. The number of aromatic nitrogens is 2. The first kappa shape index (κ1) is 25.1. The molecule has 198 valence electrons. The molecule has 0 fully saturated rings. The Kier molecular flexibility index (Phi) is 6.75. The fourth-order valence-corrected chi connectivity index (χ4v) is 5.85. The zero-order valence-corrected chi connectivity index (χ0v) is 23.2. The average molecular weight is 538 g/mol. The predicted octanol–water partition coefficient (Wildman–Crippen LogP) is 7.22. The zero-order chi connectivity index (χ0) is 26.9. The largest absolute Gasteiger partial charge is 0.497 e. The topological polar surface area (TPSA) is 49.1 Å². The Balaban J connectivity index is 1.55. The minimum Gasteiger partial charge on any atom is -0.497 e. The molecule has 0 unspecified atom stereocenters. The number of anilines is 1. The molecule has 6 nitrogen and oxygen atoms in total. The molecule has 0 bridgehead atoms. The zero-order valence-electron chi connectivity index (χ0n) is 22.4. The third-order valence-electron chi connectivity index (χ3n) is 7.46. The van der Waals surface area contributed by atoms with Crippen molar-refractivity contribution in [2.75, 3.05) is 26.6 Å². The van der Waals surface area contributed by atoms with Crippen LogP contribution in [0.25, 0.3) is 28.0 Å². The van der Waals surface area contributed by atoms with E-state index in [1.165, 1.54) is 22.5 Å². The highest BCUT2D eigenvalue weighted by Crippen LogP contribution is 2.40. The van der Waals surface area contributed by atoms with Gasteiger partial charge in [0.15, 0.2) is 0 Å². The van der Waals surface area contributed by atoms with Crippen LogP contribution in [0.2, 0.25) is 0 Å². The Morgan fingerprint density at radius 3 is 1.90 bits per heavy atom. The summed E-state index contributed by atoms with van der Waals surface area (Å²) in [6.45, 7) is 0.953. The van der Waals surface area contributed by atoms with Gasteiger partial charge in [-0.2, -0.15) is 0 Å². The highest BCUT2D eigenvalue weighted by molar-refractivity contribution is 7.81. The Morgan fingerprint density at radius 2 is 1.31 bits per heavy atom. The van der Waals surface area contributed by atoms with Crippen LogP contribution in [0.4, 0.5) is 5.69 Å². The van der Waals surface area contributed by atoms with Crippen LogP contribution < -0.4 is 19.5 Å². The monoisotopic (exact) mass is 537 g/mol. The van der Waals surface area contributed by atoms with E-state index in [1.807, 2.05) is 48.5 Å². The molecule has 3 heterocycles. The van der Waals surface area contributed by atoms with Crippen LogP contribution in [0.1, 0.15) is 24.1 Å². The van der Waals surface area contributed by atoms with Gasteiger partial charge < -0.3 is 24.1 Å². The van der Waals surface area contributed by atoms with Crippen LogP contribution in [0.3, 0.4) is 0 Å². The van der Waals surface area contributed by atoms with Crippen molar-refractivity contribution >= 4 is 28.5 Å². The fourth-order valence-electron chi connectivity index (χ4n) is 5.53. The lowest BCUT2D eigenvalue weighted by molar-refractivity contribution is 0.415. The Morgan fingerprint density at radius 1 is 0.744 bits per heavy atom. The second kappa shape index (κ2) is 10.5. The maximum Gasteiger partial charge on any atom is 0.128 e. The molecule has 0 amide bonds. The summed E-state index contributed by atoms with van der Waals surface area (Å²) in [5.74, 6) is 2.49. The predicted molar refractivity (Wildman–Crippen MR) is 161 cm³/mol. The number of rotatable bonds is 7. The standard InChI is InChI=1S/C32H31N3O3S/c1-36-24-13-7-21(8-14-24)28-20-35-30(31(39)33-23-11-17-26(38-3)18-12-23)29(22-9-15-25(37-2)16-10-22)27-6-4-5-19-34(28)32(27)35/h7-18,20H,4-6,19H2,1-3H3,(H,33,39). The minimum absolute atomic E-state index is 0.672. The van der Waals surface area contributed by atoms with Crippen LogP contribution >= 0.6 is 12.2 Å². The normalized spacial score (nSPS) is 12.7. The van der Waals surface area contributed by atoms with E-state index in [4.69, 9.17) is 26.4 Å². The molecule has 7 heteroatoms. The molecule has 0 radical (unpaired) electrons. The van der Waals surface area contributed by atoms with E-state index >= 15 is 0 Å². The molecule has 0 saturated carbocycles. The number of aryl methyl sites for hydroxylation is 2. The number of nitrogens with zero attached hydrogens (tertiary/aromatic N) is 2. The molecule has 1 aliphatic heterocycles. The van der Waals surface area contributed by atoms with E-state index in [1.54, 1.807) is 21.3 Å². The number of benzene rings is 3. The molecule has 0 spiro atoms. The van der Waals surface area contributed by atoms with Gasteiger partial charge in [-0.15, -0.1) is 0 Å². The van der Waals surface area contributed by atoms with Gasteiger partial charge in [-0.25, -0.2) is 0 Å². The second-order valence-corrected chi connectivity index (χ2v) is 10.1. The van der Waals surface area contributed by atoms with Gasteiger partial charge in [0.2, 0.25) is 0 Å². The smallest absolute Gasteiger partial charge is 0.128 e. The molecule has 5 aromatic rings. The molecule has 0 saturated heterocycles. The van der Waals surface area contributed by atoms with Crippen molar-refractivity contribution in [3.8, 4) is 39.6 Å². The van der Waals surface area contributed by atoms with Crippen molar-refractivity contribution in [3.05, 3.63) is 90.3 Å². The van der Waals surface area contributed by atoms with Crippen LogP contribution in [-0.2, 0) is 13.0 Å². The molecule has 0 atom stereocenters. The number of nitrogens with one attached hydrogen (secondary N) is 1.